The lowest BCUT2D eigenvalue weighted by Crippen LogP contribution is -2.46. The highest BCUT2D eigenvalue weighted by atomic mass is 32.2. The fourth-order valence-corrected chi connectivity index (χ4v) is 5.27. The predicted octanol–water partition coefficient (Wildman–Crippen LogP) is 1.99. The number of morpholine rings is 1. The molecule has 3 rings (SSSR count). The maximum absolute atomic E-state index is 13.1. The van der Waals surface area contributed by atoms with Crippen molar-refractivity contribution in [3.63, 3.8) is 0 Å². The van der Waals surface area contributed by atoms with E-state index in [0.29, 0.717) is 31.9 Å². The van der Waals surface area contributed by atoms with Gasteiger partial charge in [0.05, 0.1) is 22.8 Å². The summed E-state index contributed by atoms with van der Waals surface area (Å²) in [6, 6.07) is 4.10. The second-order valence-electron chi connectivity index (χ2n) is 6.68. The zero-order chi connectivity index (χ0) is 18.2. The average Bonchev–Trinajstić information content (AvgIpc) is 3.08. The molecule has 0 amide bonds. The van der Waals surface area contributed by atoms with Crippen LogP contribution in [0.5, 0.6) is 0 Å². The van der Waals surface area contributed by atoms with Crippen LogP contribution >= 0.6 is 0 Å². The molecule has 0 unspecified atom stereocenters. The first-order valence-electron chi connectivity index (χ1n) is 8.48. The van der Waals surface area contributed by atoms with Gasteiger partial charge < -0.3 is 9.64 Å². The number of anilines is 1. The van der Waals surface area contributed by atoms with Gasteiger partial charge >= 0.3 is 0 Å². The van der Waals surface area contributed by atoms with E-state index in [1.807, 2.05) is 18.7 Å². The molecule has 0 N–H and O–H groups in total. The molecular formula is C16H23N3O5S. The van der Waals surface area contributed by atoms with E-state index in [0.717, 1.165) is 12.8 Å². The lowest BCUT2D eigenvalue weighted by atomic mass is 10.2. The first-order chi connectivity index (χ1) is 11.8. The van der Waals surface area contributed by atoms with Gasteiger partial charge in [0.2, 0.25) is 10.0 Å². The van der Waals surface area contributed by atoms with Crippen LogP contribution in [0.3, 0.4) is 0 Å². The van der Waals surface area contributed by atoms with Gasteiger partial charge in [-0.25, -0.2) is 8.42 Å². The number of sulfonamides is 1. The molecule has 0 saturated carbocycles. The zero-order valence-corrected chi connectivity index (χ0v) is 15.2. The highest BCUT2D eigenvalue weighted by molar-refractivity contribution is 7.89. The standard InChI is InChI=1S/C16H23N3O5S/c1-12-10-17(11-13(2)24-12)15-6-5-14(19(20)21)9-16(15)25(22,23)18-7-3-4-8-18/h5-6,9,12-13H,3-4,7-8,10-11H2,1-2H3/t12-,13+. The normalized spacial score (nSPS) is 25.3. The van der Waals surface area contributed by atoms with Crippen molar-refractivity contribution in [2.24, 2.45) is 0 Å². The third kappa shape index (κ3) is 3.63. The summed E-state index contributed by atoms with van der Waals surface area (Å²) in [5.41, 5.74) is 0.301. The van der Waals surface area contributed by atoms with Crippen molar-refractivity contribution in [2.75, 3.05) is 31.1 Å². The third-order valence-corrected chi connectivity index (χ3v) is 6.53. The maximum Gasteiger partial charge on any atom is 0.270 e. The van der Waals surface area contributed by atoms with Gasteiger partial charge in [0, 0.05) is 38.3 Å². The number of ether oxygens (including phenoxy) is 1. The summed E-state index contributed by atoms with van der Waals surface area (Å²) >= 11 is 0. The highest BCUT2D eigenvalue weighted by Gasteiger charge is 2.34. The summed E-state index contributed by atoms with van der Waals surface area (Å²) in [4.78, 5) is 12.6. The number of rotatable bonds is 4. The summed E-state index contributed by atoms with van der Waals surface area (Å²) in [5, 5.41) is 11.2. The fraction of sp³-hybridized carbons (Fsp3) is 0.625. The van der Waals surface area contributed by atoms with Crippen LogP contribution < -0.4 is 4.90 Å². The van der Waals surface area contributed by atoms with Gasteiger partial charge in [-0.2, -0.15) is 4.31 Å². The predicted molar refractivity (Wildman–Crippen MR) is 93.3 cm³/mol. The number of nitrogens with zero attached hydrogens (tertiary/aromatic N) is 3. The summed E-state index contributed by atoms with van der Waals surface area (Å²) in [6.07, 6.45) is 1.55. The minimum atomic E-state index is -3.76. The van der Waals surface area contributed by atoms with E-state index in [1.54, 1.807) is 6.07 Å². The Kier molecular flexibility index (Phi) is 4.99. The van der Waals surface area contributed by atoms with Crippen molar-refractivity contribution in [3.8, 4) is 0 Å². The lowest BCUT2D eigenvalue weighted by molar-refractivity contribution is -0.385. The Balaban J connectivity index is 2.07. The fourth-order valence-electron chi connectivity index (χ4n) is 3.53. The van der Waals surface area contributed by atoms with Crippen LogP contribution in [0.4, 0.5) is 11.4 Å². The number of benzene rings is 1. The monoisotopic (exact) mass is 369 g/mol. The van der Waals surface area contributed by atoms with E-state index >= 15 is 0 Å². The van der Waals surface area contributed by atoms with E-state index in [2.05, 4.69) is 0 Å². The Morgan fingerprint density at radius 2 is 1.76 bits per heavy atom. The summed E-state index contributed by atoms with van der Waals surface area (Å²) in [6.45, 7) is 5.88. The number of hydrogen-bond acceptors (Lipinski definition) is 6. The molecule has 1 aromatic carbocycles. The Hall–Kier alpha value is -1.71. The SMILES string of the molecule is C[C@@H]1CN(c2ccc([N+](=O)[O-])cc2S(=O)(=O)N2CCCC2)C[C@H](C)O1. The number of hydrogen-bond donors (Lipinski definition) is 0. The van der Waals surface area contributed by atoms with E-state index in [4.69, 9.17) is 4.74 Å². The van der Waals surface area contributed by atoms with Crippen molar-refractivity contribution in [1.29, 1.82) is 0 Å². The quantitative estimate of drug-likeness (QED) is 0.595. The molecule has 8 nitrogen and oxygen atoms in total. The van der Waals surface area contributed by atoms with Crippen molar-refractivity contribution < 1.29 is 18.1 Å². The van der Waals surface area contributed by atoms with Crippen LogP contribution in [0, 0.1) is 10.1 Å². The molecule has 2 heterocycles. The van der Waals surface area contributed by atoms with Crippen LogP contribution in [0.1, 0.15) is 26.7 Å². The van der Waals surface area contributed by atoms with Gasteiger partial charge in [0.1, 0.15) is 4.90 Å². The third-order valence-electron chi connectivity index (χ3n) is 4.60. The van der Waals surface area contributed by atoms with Gasteiger partial charge in [0.25, 0.3) is 5.69 Å². The highest BCUT2D eigenvalue weighted by Crippen LogP contribution is 2.34. The maximum atomic E-state index is 13.1. The van der Waals surface area contributed by atoms with Gasteiger partial charge in [-0.3, -0.25) is 10.1 Å². The van der Waals surface area contributed by atoms with Crippen molar-refractivity contribution in [1.82, 2.24) is 4.31 Å². The molecule has 0 bridgehead atoms. The Morgan fingerprint density at radius 1 is 1.16 bits per heavy atom. The van der Waals surface area contributed by atoms with E-state index in [1.165, 1.54) is 16.4 Å². The molecule has 25 heavy (non-hydrogen) atoms. The molecule has 2 atom stereocenters. The van der Waals surface area contributed by atoms with Gasteiger partial charge in [-0.1, -0.05) is 0 Å². The summed E-state index contributed by atoms with van der Waals surface area (Å²) in [7, 11) is -3.76. The van der Waals surface area contributed by atoms with E-state index in [9.17, 15) is 18.5 Å². The minimum absolute atomic E-state index is 0.0184. The van der Waals surface area contributed by atoms with E-state index < -0.39 is 14.9 Å². The van der Waals surface area contributed by atoms with Gasteiger partial charge in [-0.15, -0.1) is 0 Å². The van der Waals surface area contributed by atoms with Crippen molar-refractivity contribution in [2.45, 2.75) is 43.8 Å². The van der Waals surface area contributed by atoms with Crippen molar-refractivity contribution >= 4 is 21.4 Å². The Morgan fingerprint density at radius 3 is 2.32 bits per heavy atom. The first kappa shape index (κ1) is 18.1. The number of nitro groups is 1. The average molecular weight is 369 g/mol. The second kappa shape index (κ2) is 6.89. The zero-order valence-electron chi connectivity index (χ0n) is 14.4. The molecule has 2 fully saturated rings. The molecule has 0 spiro atoms. The van der Waals surface area contributed by atoms with Crippen LogP contribution in [-0.2, 0) is 14.8 Å². The van der Waals surface area contributed by atoms with Crippen LogP contribution in [0.15, 0.2) is 23.1 Å². The molecule has 1 aromatic rings. The largest absolute Gasteiger partial charge is 0.372 e. The molecule has 2 aliphatic heterocycles. The molecule has 0 radical (unpaired) electrons. The van der Waals surface area contributed by atoms with Gasteiger partial charge in [-0.05, 0) is 32.8 Å². The summed E-state index contributed by atoms with van der Waals surface area (Å²) < 4.78 is 33.3. The number of nitro benzene ring substituents is 1. The lowest BCUT2D eigenvalue weighted by Gasteiger charge is -2.37. The number of non-ortho nitro benzene ring substituents is 1. The van der Waals surface area contributed by atoms with Crippen molar-refractivity contribution in [3.05, 3.63) is 28.3 Å². The molecular weight excluding hydrogens is 346 g/mol. The smallest absolute Gasteiger partial charge is 0.270 e. The Labute approximate surface area is 147 Å². The molecule has 2 aliphatic rings. The second-order valence-corrected chi connectivity index (χ2v) is 8.59. The molecule has 0 aromatic heterocycles. The molecule has 2 saturated heterocycles. The van der Waals surface area contributed by atoms with Crippen LogP contribution in [0.2, 0.25) is 0 Å². The molecule has 138 valence electrons. The topological polar surface area (TPSA) is 93.0 Å². The summed E-state index contributed by atoms with van der Waals surface area (Å²) in [5.74, 6) is 0. The molecule has 0 aliphatic carbocycles. The van der Waals surface area contributed by atoms with Crippen LogP contribution in [-0.4, -0.2) is 56.0 Å². The van der Waals surface area contributed by atoms with Gasteiger partial charge in [0.15, 0.2) is 0 Å². The first-order valence-corrected chi connectivity index (χ1v) is 9.92. The molecule has 9 heteroatoms. The Bertz CT molecular complexity index is 751. The van der Waals surface area contributed by atoms with E-state index in [-0.39, 0.29) is 22.8 Å². The minimum Gasteiger partial charge on any atom is -0.372 e. The van der Waals surface area contributed by atoms with Crippen LogP contribution in [0.25, 0.3) is 0 Å².